The quantitative estimate of drug-likeness (QED) is 0.390. The number of hydrogen-bond donors (Lipinski definition) is 0. The Morgan fingerprint density at radius 3 is 1.93 bits per heavy atom. The van der Waals surface area contributed by atoms with E-state index < -0.39 is 5.97 Å². The van der Waals surface area contributed by atoms with Crippen LogP contribution in [0.25, 0.3) is 0 Å². The normalized spacial score (nSPS) is 10.1. The fraction of sp³-hybridized carbons (Fsp3) is 0.917. The van der Waals surface area contributed by atoms with E-state index in [-0.39, 0.29) is 36.0 Å². The second kappa shape index (κ2) is 12.5. The Bertz CT molecular complexity index is 147. The molecule has 0 N–H and O–H groups in total. The minimum atomic E-state index is -0.912. The van der Waals surface area contributed by atoms with Crippen molar-refractivity contribution in [1.82, 2.24) is 0 Å². The van der Waals surface area contributed by atoms with Gasteiger partial charge in [0.15, 0.2) is 0 Å². The average molecular weight is 222 g/mol. The van der Waals surface area contributed by atoms with Crippen molar-refractivity contribution in [1.29, 1.82) is 0 Å². The third kappa shape index (κ3) is 17.1. The number of carbonyl (C=O) groups is 1. The first-order chi connectivity index (χ1) is 6.63. The molecule has 3 heteroatoms. The number of unbranched alkanes of at least 4 members (excludes halogenated alkanes) is 5. The van der Waals surface area contributed by atoms with Crippen molar-refractivity contribution >= 4 is 5.97 Å². The number of carboxylic acids is 1. The van der Waals surface area contributed by atoms with Crippen LogP contribution >= 0.6 is 0 Å². The summed E-state index contributed by atoms with van der Waals surface area (Å²) in [5.41, 5.74) is 0. The summed E-state index contributed by atoms with van der Waals surface area (Å²) in [5, 5.41) is 10.1. The van der Waals surface area contributed by atoms with Crippen LogP contribution in [0.3, 0.4) is 0 Å². The number of carbonyl (C=O) groups excluding carboxylic acids is 1. The van der Waals surface area contributed by atoms with Crippen LogP contribution in [0.5, 0.6) is 0 Å². The standard InChI is InChI=1S/C12H24O2.Na/c1-11(2)9-7-5-3-4-6-8-10-12(13)14;/h11H,3-10H2,1-2H3,(H,13,14);/q;+1/p-1. The van der Waals surface area contributed by atoms with Gasteiger partial charge >= 0.3 is 29.6 Å². The minimum Gasteiger partial charge on any atom is -0.550 e. The second-order valence-electron chi connectivity index (χ2n) is 4.43. The van der Waals surface area contributed by atoms with Gasteiger partial charge in [-0.15, -0.1) is 0 Å². The first-order valence-electron chi connectivity index (χ1n) is 5.82. The Morgan fingerprint density at radius 1 is 1.00 bits per heavy atom. The molecule has 0 aliphatic carbocycles. The Kier molecular flexibility index (Phi) is 14.9. The molecule has 0 aliphatic heterocycles. The van der Waals surface area contributed by atoms with Crippen molar-refractivity contribution in [2.24, 2.45) is 5.92 Å². The maximum absolute atomic E-state index is 10.1. The van der Waals surface area contributed by atoms with Crippen molar-refractivity contribution in [2.75, 3.05) is 0 Å². The molecule has 15 heavy (non-hydrogen) atoms. The summed E-state index contributed by atoms with van der Waals surface area (Å²) in [4.78, 5) is 10.1. The monoisotopic (exact) mass is 222 g/mol. The smallest absolute Gasteiger partial charge is 0.550 e. The van der Waals surface area contributed by atoms with Gasteiger partial charge in [0, 0.05) is 5.97 Å². The van der Waals surface area contributed by atoms with Gasteiger partial charge in [0.05, 0.1) is 0 Å². The van der Waals surface area contributed by atoms with Gasteiger partial charge in [-0.1, -0.05) is 52.4 Å². The predicted molar refractivity (Wildman–Crippen MR) is 56.8 cm³/mol. The van der Waals surface area contributed by atoms with Gasteiger partial charge in [0.1, 0.15) is 0 Å². The van der Waals surface area contributed by atoms with E-state index in [1.165, 1.54) is 32.1 Å². The van der Waals surface area contributed by atoms with Gasteiger partial charge in [-0.2, -0.15) is 0 Å². The van der Waals surface area contributed by atoms with E-state index in [0.717, 1.165) is 18.8 Å². The van der Waals surface area contributed by atoms with Gasteiger partial charge in [0.25, 0.3) is 0 Å². The van der Waals surface area contributed by atoms with Crippen molar-refractivity contribution in [3.05, 3.63) is 0 Å². The summed E-state index contributed by atoms with van der Waals surface area (Å²) >= 11 is 0. The molecular weight excluding hydrogens is 199 g/mol. The molecule has 0 saturated heterocycles. The third-order valence-corrected chi connectivity index (χ3v) is 2.41. The molecule has 0 aliphatic rings. The summed E-state index contributed by atoms with van der Waals surface area (Å²) in [7, 11) is 0. The van der Waals surface area contributed by atoms with Crippen LogP contribution in [-0.2, 0) is 4.79 Å². The summed E-state index contributed by atoms with van der Waals surface area (Å²) < 4.78 is 0. The Balaban J connectivity index is 0. The van der Waals surface area contributed by atoms with Gasteiger partial charge in [-0.3, -0.25) is 0 Å². The van der Waals surface area contributed by atoms with Crippen LogP contribution in [-0.4, -0.2) is 5.97 Å². The predicted octanol–water partition coefficient (Wildman–Crippen LogP) is -0.483. The van der Waals surface area contributed by atoms with Crippen LogP contribution in [0, 0.1) is 5.92 Å². The van der Waals surface area contributed by atoms with Crippen molar-refractivity contribution in [2.45, 2.75) is 65.2 Å². The molecule has 84 valence electrons. The van der Waals surface area contributed by atoms with E-state index in [1.807, 2.05) is 0 Å². The number of carboxylic acid groups (broad SMARTS) is 1. The molecule has 0 aromatic heterocycles. The molecule has 0 rings (SSSR count). The molecule has 0 saturated carbocycles. The van der Waals surface area contributed by atoms with Crippen molar-refractivity contribution in [3.8, 4) is 0 Å². The fourth-order valence-corrected chi connectivity index (χ4v) is 1.53. The maximum Gasteiger partial charge on any atom is 1.00 e. The zero-order valence-corrected chi connectivity index (χ0v) is 12.6. The molecule has 2 nitrogen and oxygen atoms in total. The molecule has 0 spiro atoms. The number of rotatable bonds is 9. The van der Waals surface area contributed by atoms with Gasteiger partial charge in [-0.25, -0.2) is 0 Å². The van der Waals surface area contributed by atoms with Crippen LogP contribution in [0.4, 0.5) is 0 Å². The van der Waals surface area contributed by atoms with Gasteiger partial charge < -0.3 is 9.90 Å². The first-order valence-corrected chi connectivity index (χ1v) is 5.82. The van der Waals surface area contributed by atoms with Gasteiger partial charge in [0.2, 0.25) is 0 Å². The summed E-state index contributed by atoms with van der Waals surface area (Å²) in [6.45, 7) is 4.50. The Hall–Kier alpha value is 0.470. The fourth-order valence-electron chi connectivity index (χ4n) is 1.53. The minimum absolute atomic E-state index is 0. The molecular formula is C12H23NaO2. The van der Waals surface area contributed by atoms with Gasteiger partial charge in [-0.05, 0) is 18.8 Å². The van der Waals surface area contributed by atoms with E-state index in [0.29, 0.717) is 0 Å². The van der Waals surface area contributed by atoms with Crippen molar-refractivity contribution < 1.29 is 39.5 Å². The molecule has 0 fully saturated rings. The van der Waals surface area contributed by atoms with Crippen LogP contribution in [0.1, 0.15) is 65.2 Å². The molecule has 0 bridgehead atoms. The molecule has 0 unspecified atom stereocenters. The zero-order chi connectivity index (χ0) is 10.8. The second-order valence-corrected chi connectivity index (χ2v) is 4.43. The van der Waals surface area contributed by atoms with E-state index in [4.69, 9.17) is 0 Å². The average Bonchev–Trinajstić information content (AvgIpc) is 2.08. The SMILES string of the molecule is CC(C)CCCCCCCCC(=O)[O-].[Na+]. The molecule has 0 atom stereocenters. The van der Waals surface area contributed by atoms with Crippen LogP contribution < -0.4 is 34.7 Å². The molecule has 0 aromatic rings. The van der Waals surface area contributed by atoms with Crippen molar-refractivity contribution in [3.63, 3.8) is 0 Å². The van der Waals surface area contributed by atoms with Crippen LogP contribution in [0.2, 0.25) is 0 Å². The Morgan fingerprint density at radius 2 is 1.47 bits per heavy atom. The maximum atomic E-state index is 10.1. The molecule has 0 aromatic carbocycles. The van der Waals surface area contributed by atoms with Crippen LogP contribution in [0.15, 0.2) is 0 Å². The number of hydrogen-bond acceptors (Lipinski definition) is 2. The molecule has 0 amide bonds. The summed E-state index contributed by atoms with van der Waals surface area (Å²) in [5.74, 6) is -0.0992. The van der Waals surface area contributed by atoms with E-state index in [9.17, 15) is 9.90 Å². The topological polar surface area (TPSA) is 40.1 Å². The molecule has 0 radical (unpaired) electrons. The van der Waals surface area contributed by atoms with E-state index >= 15 is 0 Å². The zero-order valence-electron chi connectivity index (χ0n) is 10.6. The number of aliphatic carboxylic acids is 1. The third-order valence-electron chi connectivity index (χ3n) is 2.41. The summed E-state index contributed by atoms with van der Waals surface area (Å²) in [6, 6.07) is 0. The van der Waals surface area contributed by atoms with E-state index in [1.54, 1.807) is 0 Å². The first kappa shape index (κ1) is 17.9. The summed E-state index contributed by atoms with van der Waals surface area (Å²) in [6.07, 6.45) is 8.40. The Labute approximate surface area is 116 Å². The van der Waals surface area contributed by atoms with E-state index in [2.05, 4.69) is 13.8 Å². The molecule has 0 heterocycles. The largest absolute Gasteiger partial charge is 1.00 e.